The normalized spacial score (nSPS) is 16.9. The van der Waals surface area contributed by atoms with Gasteiger partial charge in [-0.05, 0) is 0 Å². The van der Waals surface area contributed by atoms with Crippen molar-refractivity contribution in [3.05, 3.63) is 16.1 Å². The van der Waals surface area contributed by atoms with Crippen LogP contribution in [0.2, 0.25) is 0 Å². The maximum Gasteiger partial charge on any atom is 0.0869 e. The van der Waals surface area contributed by atoms with Crippen molar-refractivity contribution in [2.45, 2.75) is 13.0 Å². The Morgan fingerprint density at radius 1 is 1.75 bits per heavy atom. The van der Waals surface area contributed by atoms with Gasteiger partial charge in [-0.25, -0.2) is 4.98 Å². The van der Waals surface area contributed by atoms with E-state index in [9.17, 15) is 0 Å². The number of aromatic nitrogens is 1. The van der Waals surface area contributed by atoms with Crippen LogP contribution in [0, 0.1) is 11.3 Å². The summed E-state index contributed by atoms with van der Waals surface area (Å²) in [5.74, 6) is 0. The van der Waals surface area contributed by atoms with Gasteiger partial charge in [0.1, 0.15) is 0 Å². The SMILES string of the molecule is N#CCN1CCc2ncsc2C1. The third-order valence-corrected chi connectivity index (χ3v) is 2.91. The topological polar surface area (TPSA) is 39.9 Å². The molecule has 1 aliphatic heterocycles. The molecular weight excluding hydrogens is 170 g/mol. The zero-order valence-corrected chi connectivity index (χ0v) is 7.47. The maximum absolute atomic E-state index is 8.51. The molecule has 1 aromatic rings. The lowest BCUT2D eigenvalue weighted by molar-refractivity contribution is 0.287. The smallest absolute Gasteiger partial charge is 0.0869 e. The summed E-state index contributed by atoms with van der Waals surface area (Å²) in [5, 5.41) is 8.51. The molecule has 0 fully saturated rings. The lowest BCUT2D eigenvalue weighted by Crippen LogP contribution is -2.30. The predicted molar refractivity (Wildman–Crippen MR) is 46.7 cm³/mol. The first-order valence-corrected chi connectivity index (χ1v) is 4.78. The van der Waals surface area contributed by atoms with Crippen molar-refractivity contribution in [2.75, 3.05) is 13.1 Å². The van der Waals surface area contributed by atoms with Crippen LogP contribution in [-0.4, -0.2) is 23.0 Å². The van der Waals surface area contributed by atoms with Crippen LogP contribution in [0.5, 0.6) is 0 Å². The molecule has 1 aromatic heterocycles. The van der Waals surface area contributed by atoms with Crippen LogP contribution in [0.15, 0.2) is 5.51 Å². The Labute approximate surface area is 75.3 Å². The van der Waals surface area contributed by atoms with Crippen molar-refractivity contribution >= 4 is 11.3 Å². The average molecular weight is 179 g/mol. The minimum atomic E-state index is 0.539. The molecule has 0 saturated carbocycles. The summed E-state index contributed by atoms with van der Waals surface area (Å²) in [6.07, 6.45) is 1.00. The Hall–Kier alpha value is -0.920. The van der Waals surface area contributed by atoms with Gasteiger partial charge < -0.3 is 0 Å². The number of rotatable bonds is 1. The van der Waals surface area contributed by atoms with Crippen LogP contribution in [0.4, 0.5) is 0 Å². The van der Waals surface area contributed by atoms with Crippen molar-refractivity contribution in [2.24, 2.45) is 0 Å². The molecule has 3 nitrogen and oxygen atoms in total. The summed E-state index contributed by atoms with van der Waals surface area (Å²) in [7, 11) is 0. The minimum Gasteiger partial charge on any atom is -0.285 e. The van der Waals surface area contributed by atoms with Crippen molar-refractivity contribution < 1.29 is 0 Å². The van der Waals surface area contributed by atoms with Crippen LogP contribution in [0.25, 0.3) is 0 Å². The van der Waals surface area contributed by atoms with Crippen LogP contribution in [-0.2, 0) is 13.0 Å². The molecule has 0 saturated heterocycles. The monoisotopic (exact) mass is 179 g/mol. The zero-order chi connectivity index (χ0) is 8.39. The largest absolute Gasteiger partial charge is 0.285 e. The molecule has 0 bridgehead atoms. The summed E-state index contributed by atoms with van der Waals surface area (Å²) in [6.45, 7) is 2.43. The second-order valence-electron chi connectivity index (χ2n) is 2.84. The summed E-state index contributed by atoms with van der Waals surface area (Å²) in [4.78, 5) is 7.74. The Balaban J connectivity index is 2.11. The van der Waals surface area contributed by atoms with Crippen molar-refractivity contribution in [3.8, 4) is 6.07 Å². The van der Waals surface area contributed by atoms with Crippen molar-refractivity contribution in [3.63, 3.8) is 0 Å². The van der Waals surface area contributed by atoms with Gasteiger partial charge in [0, 0.05) is 24.4 Å². The van der Waals surface area contributed by atoms with Gasteiger partial charge >= 0.3 is 0 Å². The highest BCUT2D eigenvalue weighted by atomic mass is 32.1. The molecule has 1 aliphatic rings. The predicted octanol–water partition coefficient (Wildman–Crippen LogP) is 1.02. The lowest BCUT2D eigenvalue weighted by atomic mass is 10.2. The standard InChI is InChI=1S/C8H9N3S/c9-2-4-11-3-1-7-8(5-11)12-6-10-7/h6H,1,3-5H2. The summed E-state index contributed by atoms with van der Waals surface area (Å²) in [5.41, 5.74) is 3.12. The van der Waals surface area contributed by atoms with E-state index in [4.69, 9.17) is 5.26 Å². The van der Waals surface area contributed by atoms with E-state index in [-0.39, 0.29) is 0 Å². The number of fused-ring (bicyclic) bond motifs is 1. The summed E-state index contributed by atoms with van der Waals surface area (Å²) in [6, 6.07) is 2.17. The fourth-order valence-corrected chi connectivity index (χ4v) is 2.26. The number of nitriles is 1. The second-order valence-corrected chi connectivity index (χ2v) is 3.78. The van der Waals surface area contributed by atoms with Crippen LogP contribution < -0.4 is 0 Å². The van der Waals surface area contributed by atoms with E-state index in [0.717, 1.165) is 19.5 Å². The maximum atomic E-state index is 8.51. The zero-order valence-electron chi connectivity index (χ0n) is 6.66. The van der Waals surface area contributed by atoms with E-state index < -0.39 is 0 Å². The molecule has 2 rings (SSSR count). The highest BCUT2D eigenvalue weighted by molar-refractivity contribution is 7.09. The Morgan fingerprint density at radius 2 is 2.67 bits per heavy atom. The van der Waals surface area contributed by atoms with E-state index >= 15 is 0 Å². The van der Waals surface area contributed by atoms with Gasteiger partial charge in [0.2, 0.25) is 0 Å². The minimum absolute atomic E-state index is 0.539. The van der Waals surface area contributed by atoms with Gasteiger partial charge in [-0.2, -0.15) is 5.26 Å². The molecule has 0 spiro atoms. The fraction of sp³-hybridized carbons (Fsp3) is 0.500. The quantitative estimate of drug-likeness (QED) is 0.604. The van der Waals surface area contributed by atoms with Crippen LogP contribution in [0.3, 0.4) is 0 Å². The van der Waals surface area contributed by atoms with Crippen molar-refractivity contribution in [1.29, 1.82) is 5.26 Å². The number of thiazole rings is 1. The van der Waals surface area contributed by atoms with Gasteiger partial charge in [-0.15, -0.1) is 11.3 Å². The molecule has 0 atom stereocenters. The number of hydrogen-bond donors (Lipinski definition) is 0. The molecule has 0 aliphatic carbocycles. The molecule has 0 aromatic carbocycles. The Bertz CT molecular complexity index is 312. The summed E-state index contributed by atoms with van der Waals surface area (Å²) >= 11 is 1.69. The van der Waals surface area contributed by atoms with Gasteiger partial charge in [0.15, 0.2) is 0 Å². The van der Waals surface area contributed by atoms with E-state index in [0.29, 0.717) is 6.54 Å². The molecule has 2 heterocycles. The van der Waals surface area contributed by atoms with Gasteiger partial charge in [-0.1, -0.05) is 0 Å². The van der Waals surface area contributed by atoms with E-state index in [2.05, 4.69) is 16.0 Å². The average Bonchev–Trinajstić information content (AvgIpc) is 2.51. The number of nitrogens with zero attached hydrogens (tertiary/aromatic N) is 3. The molecule has 12 heavy (non-hydrogen) atoms. The molecule has 4 heteroatoms. The Morgan fingerprint density at radius 3 is 3.50 bits per heavy atom. The highest BCUT2D eigenvalue weighted by Crippen LogP contribution is 2.20. The number of hydrogen-bond acceptors (Lipinski definition) is 4. The highest BCUT2D eigenvalue weighted by Gasteiger charge is 2.17. The molecule has 0 N–H and O–H groups in total. The van der Waals surface area contributed by atoms with Gasteiger partial charge in [-0.3, -0.25) is 4.90 Å². The third kappa shape index (κ3) is 1.33. The Kier molecular flexibility index (Phi) is 2.07. The van der Waals surface area contributed by atoms with E-state index in [1.54, 1.807) is 11.3 Å². The van der Waals surface area contributed by atoms with Crippen LogP contribution >= 0.6 is 11.3 Å². The lowest BCUT2D eigenvalue weighted by Gasteiger charge is -2.22. The first kappa shape index (κ1) is 7.71. The fourth-order valence-electron chi connectivity index (χ4n) is 1.41. The molecule has 62 valence electrons. The molecule has 0 unspecified atom stereocenters. The van der Waals surface area contributed by atoms with Crippen LogP contribution in [0.1, 0.15) is 10.6 Å². The second kappa shape index (κ2) is 3.21. The van der Waals surface area contributed by atoms with Gasteiger partial charge in [0.25, 0.3) is 0 Å². The van der Waals surface area contributed by atoms with E-state index in [1.165, 1.54) is 10.6 Å². The first-order valence-electron chi connectivity index (χ1n) is 3.90. The van der Waals surface area contributed by atoms with E-state index in [1.807, 2.05) is 5.51 Å². The third-order valence-electron chi connectivity index (χ3n) is 2.05. The van der Waals surface area contributed by atoms with Gasteiger partial charge in [0.05, 0.1) is 23.8 Å². The summed E-state index contributed by atoms with van der Waals surface area (Å²) < 4.78 is 0. The molecule has 0 radical (unpaired) electrons. The molecule has 0 amide bonds. The van der Waals surface area contributed by atoms with Crippen molar-refractivity contribution in [1.82, 2.24) is 9.88 Å². The molecular formula is C8H9N3S. The first-order chi connectivity index (χ1) is 5.90.